The fourth-order valence-electron chi connectivity index (χ4n) is 2.41. The van der Waals surface area contributed by atoms with Gasteiger partial charge in [0.05, 0.1) is 12.9 Å². The van der Waals surface area contributed by atoms with Crippen LogP contribution >= 0.6 is 0 Å². The second kappa shape index (κ2) is 6.68. The minimum atomic E-state index is -0.357. The summed E-state index contributed by atoms with van der Waals surface area (Å²) >= 11 is 0. The van der Waals surface area contributed by atoms with Crippen LogP contribution in [0.1, 0.15) is 13.3 Å². The van der Waals surface area contributed by atoms with Crippen molar-refractivity contribution in [2.45, 2.75) is 19.9 Å². The molecule has 2 rings (SSSR count). The zero-order valence-electron chi connectivity index (χ0n) is 12.4. The number of aliphatic hydroxyl groups excluding tert-OH is 1. The Morgan fingerprint density at radius 1 is 1.38 bits per heavy atom. The van der Waals surface area contributed by atoms with E-state index in [1.54, 1.807) is 7.05 Å². The minimum absolute atomic E-state index is 0.107. The van der Waals surface area contributed by atoms with Gasteiger partial charge in [-0.05, 0) is 19.5 Å². The third kappa shape index (κ3) is 3.06. The van der Waals surface area contributed by atoms with Crippen LogP contribution in [0, 0.1) is 0 Å². The summed E-state index contributed by atoms with van der Waals surface area (Å²) in [6, 6.07) is 0. The van der Waals surface area contributed by atoms with E-state index in [-0.39, 0.29) is 17.9 Å². The second-order valence-corrected chi connectivity index (χ2v) is 4.91. The zero-order chi connectivity index (χ0) is 15.4. The highest BCUT2D eigenvalue weighted by atomic mass is 16.3. The maximum Gasteiger partial charge on any atom is 0.332 e. The summed E-state index contributed by atoms with van der Waals surface area (Å²) in [7, 11) is 1.60. The fraction of sp³-hybridized carbons (Fsp3) is 0.615. The van der Waals surface area contributed by atoms with Gasteiger partial charge in [-0.1, -0.05) is 6.92 Å². The molecule has 0 aliphatic rings. The van der Waals surface area contributed by atoms with Gasteiger partial charge in [-0.15, -0.1) is 0 Å². The highest BCUT2D eigenvalue weighted by Crippen LogP contribution is 1.99. The highest BCUT2D eigenvalue weighted by molar-refractivity contribution is 5.68. The van der Waals surface area contributed by atoms with Crippen molar-refractivity contribution >= 4 is 11.2 Å². The van der Waals surface area contributed by atoms with Crippen molar-refractivity contribution < 1.29 is 5.11 Å². The van der Waals surface area contributed by atoms with Gasteiger partial charge >= 0.3 is 5.69 Å². The third-order valence-electron chi connectivity index (χ3n) is 3.63. The molecule has 116 valence electrons. The van der Waals surface area contributed by atoms with Crippen molar-refractivity contribution in [3.63, 3.8) is 0 Å². The van der Waals surface area contributed by atoms with Gasteiger partial charge < -0.3 is 15.0 Å². The number of H-pyrrole nitrogens is 1. The number of imidazole rings is 1. The molecule has 0 saturated heterocycles. The van der Waals surface area contributed by atoms with Crippen molar-refractivity contribution in [3.8, 4) is 0 Å². The lowest BCUT2D eigenvalue weighted by Crippen LogP contribution is -2.40. The van der Waals surface area contributed by atoms with Crippen LogP contribution in [0.5, 0.6) is 0 Å². The Bertz CT molecular complexity index is 715. The molecule has 0 unspecified atom stereocenters. The number of aromatic amines is 1. The normalized spacial score (nSPS) is 11.6. The predicted molar refractivity (Wildman–Crippen MR) is 79.4 cm³/mol. The number of nitrogens with zero attached hydrogens (tertiary/aromatic N) is 4. The molecule has 21 heavy (non-hydrogen) atoms. The summed E-state index contributed by atoms with van der Waals surface area (Å²) in [6.45, 7) is 4.62. The number of hydrogen-bond donors (Lipinski definition) is 2. The lowest BCUT2D eigenvalue weighted by atomic mass is 10.3. The van der Waals surface area contributed by atoms with Gasteiger partial charge in [-0.2, -0.15) is 0 Å². The molecule has 8 heteroatoms. The Morgan fingerprint density at radius 3 is 2.81 bits per heavy atom. The largest absolute Gasteiger partial charge is 0.395 e. The molecule has 2 aromatic rings. The van der Waals surface area contributed by atoms with Crippen LogP contribution in [0.15, 0.2) is 15.9 Å². The first-order valence-electron chi connectivity index (χ1n) is 7.06. The molecule has 2 aromatic heterocycles. The zero-order valence-corrected chi connectivity index (χ0v) is 12.4. The Morgan fingerprint density at radius 2 is 2.14 bits per heavy atom. The average Bonchev–Trinajstić information content (AvgIpc) is 2.97. The summed E-state index contributed by atoms with van der Waals surface area (Å²) in [5.74, 6) is 0. The molecule has 2 heterocycles. The predicted octanol–water partition coefficient (Wildman–Crippen LogP) is -0.872. The van der Waals surface area contributed by atoms with E-state index < -0.39 is 0 Å². The Labute approximate surface area is 121 Å². The van der Waals surface area contributed by atoms with E-state index in [9.17, 15) is 9.59 Å². The molecular weight excluding hydrogens is 274 g/mol. The van der Waals surface area contributed by atoms with Gasteiger partial charge in [-0.3, -0.25) is 13.9 Å². The van der Waals surface area contributed by atoms with E-state index in [2.05, 4.69) is 14.9 Å². The van der Waals surface area contributed by atoms with Crippen LogP contribution in [-0.4, -0.2) is 55.3 Å². The van der Waals surface area contributed by atoms with Crippen molar-refractivity contribution in [2.24, 2.45) is 7.05 Å². The molecule has 0 aromatic carbocycles. The number of aromatic nitrogens is 4. The van der Waals surface area contributed by atoms with Crippen molar-refractivity contribution in [1.29, 1.82) is 0 Å². The molecule has 2 N–H and O–H groups in total. The lowest BCUT2D eigenvalue weighted by molar-refractivity contribution is 0.198. The van der Waals surface area contributed by atoms with E-state index in [1.165, 1.54) is 15.5 Å². The van der Waals surface area contributed by atoms with Gasteiger partial charge in [0.15, 0.2) is 5.65 Å². The topological polar surface area (TPSA) is 96.2 Å². The monoisotopic (exact) mass is 295 g/mol. The van der Waals surface area contributed by atoms with Crippen molar-refractivity contribution in [1.82, 2.24) is 24.0 Å². The van der Waals surface area contributed by atoms with E-state index in [0.717, 1.165) is 13.1 Å². The quantitative estimate of drug-likeness (QED) is 0.692. The van der Waals surface area contributed by atoms with E-state index in [0.29, 0.717) is 30.7 Å². The SMILES string of the molecule is CCN(CCO)CCCn1c(=O)c2[nH]cnc2n(C)c1=O. The van der Waals surface area contributed by atoms with Crippen molar-refractivity contribution in [2.75, 3.05) is 26.2 Å². The van der Waals surface area contributed by atoms with Gasteiger partial charge in [0, 0.05) is 20.1 Å². The molecule has 0 fully saturated rings. The Hall–Kier alpha value is -1.93. The van der Waals surface area contributed by atoms with Gasteiger partial charge in [0.25, 0.3) is 5.56 Å². The van der Waals surface area contributed by atoms with Crippen LogP contribution in [0.25, 0.3) is 11.2 Å². The minimum Gasteiger partial charge on any atom is -0.395 e. The molecular formula is C13H21N5O3. The van der Waals surface area contributed by atoms with Crippen LogP contribution in [0.2, 0.25) is 0 Å². The van der Waals surface area contributed by atoms with Gasteiger partial charge in [-0.25, -0.2) is 9.78 Å². The highest BCUT2D eigenvalue weighted by Gasteiger charge is 2.12. The number of aliphatic hydroxyl groups is 1. The molecule has 0 aliphatic heterocycles. The molecule has 0 radical (unpaired) electrons. The van der Waals surface area contributed by atoms with Gasteiger partial charge in [0.2, 0.25) is 0 Å². The van der Waals surface area contributed by atoms with Crippen LogP contribution in [0.3, 0.4) is 0 Å². The summed E-state index contributed by atoms with van der Waals surface area (Å²) < 4.78 is 2.60. The second-order valence-electron chi connectivity index (χ2n) is 4.91. The standard InChI is InChI=1S/C13H21N5O3/c1-3-17(7-8-19)5-4-6-18-12(20)10-11(15-9-14-10)16(2)13(18)21/h9,19H,3-8H2,1-2H3,(H,14,15). The van der Waals surface area contributed by atoms with Crippen molar-refractivity contribution in [3.05, 3.63) is 27.2 Å². The van der Waals surface area contributed by atoms with E-state index in [4.69, 9.17) is 5.11 Å². The van der Waals surface area contributed by atoms with Crippen LogP contribution < -0.4 is 11.2 Å². The summed E-state index contributed by atoms with van der Waals surface area (Å²) in [5, 5.41) is 8.94. The average molecular weight is 295 g/mol. The van der Waals surface area contributed by atoms with Gasteiger partial charge in [0.1, 0.15) is 5.52 Å². The molecule has 0 saturated carbocycles. The fourth-order valence-corrected chi connectivity index (χ4v) is 2.41. The first-order valence-corrected chi connectivity index (χ1v) is 7.06. The first kappa shape index (κ1) is 15.5. The molecule has 0 bridgehead atoms. The third-order valence-corrected chi connectivity index (χ3v) is 3.63. The van der Waals surface area contributed by atoms with Crippen LogP contribution in [-0.2, 0) is 13.6 Å². The molecule has 0 spiro atoms. The Balaban J connectivity index is 2.19. The van der Waals surface area contributed by atoms with E-state index in [1.807, 2.05) is 6.92 Å². The molecule has 0 amide bonds. The maximum atomic E-state index is 12.3. The summed E-state index contributed by atoms with van der Waals surface area (Å²) in [6.07, 6.45) is 2.08. The Kier molecular flexibility index (Phi) is 4.92. The van der Waals surface area contributed by atoms with Crippen LogP contribution in [0.4, 0.5) is 0 Å². The lowest BCUT2D eigenvalue weighted by Gasteiger charge is -2.19. The summed E-state index contributed by atoms with van der Waals surface area (Å²) in [4.78, 5) is 33.3. The maximum absolute atomic E-state index is 12.3. The number of hydrogen-bond acceptors (Lipinski definition) is 5. The summed E-state index contributed by atoms with van der Waals surface area (Å²) in [5.41, 5.74) is 0.0251. The first-order chi connectivity index (χ1) is 10.1. The number of fused-ring (bicyclic) bond motifs is 1. The van der Waals surface area contributed by atoms with E-state index >= 15 is 0 Å². The molecule has 0 aliphatic carbocycles. The number of rotatable bonds is 7. The number of likely N-dealkylation sites (N-methyl/N-ethyl adjacent to an activating group) is 1. The smallest absolute Gasteiger partial charge is 0.332 e. The molecule has 0 atom stereocenters. The molecule has 8 nitrogen and oxygen atoms in total. The number of nitrogens with one attached hydrogen (secondary N) is 1. The number of aryl methyl sites for hydroxylation is 1.